The second-order valence-electron chi connectivity index (χ2n) is 8.39. The van der Waals surface area contributed by atoms with Crippen LogP contribution in [0.3, 0.4) is 0 Å². The summed E-state index contributed by atoms with van der Waals surface area (Å²) >= 11 is 0. The summed E-state index contributed by atoms with van der Waals surface area (Å²) in [5, 5.41) is 6.77. The fraction of sp³-hybridized carbons (Fsp3) is 0.269. The van der Waals surface area contributed by atoms with Crippen LogP contribution in [0.2, 0.25) is 0 Å². The highest BCUT2D eigenvalue weighted by molar-refractivity contribution is 5.99. The van der Waals surface area contributed by atoms with Gasteiger partial charge in [0.25, 0.3) is 5.91 Å². The predicted molar refractivity (Wildman–Crippen MR) is 134 cm³/mol. The van der Waals surface area contributed by atoms with E-state index in [0.717, 1.165) is 22.2 Å². The van der Waals surface area contributed by atoms with Gasteiger partial charge in [0.1, 0.15) is 11.3 Å². The monoisotopic (exact) mass is 490 g/mol. The van der Waals surface area contributed by atoms with Gasteiger partial charge in [-0.3, -0.25) is 14.4 Å². The number of nitrogens with one attached hydrogen (secondary N) is 3. The fourth-order valence-electron chi connectivity index (χ4n) is 4.36. The van der Waals surface area contributed by atoms with Crippen molar-refractivity contribution in [1.29, 1.82) is 0 Å². The minimum atomic E-state index is -0.609. The van der Waals surface area contributed by atoms with Crippen molar-refractivity contribution in [3.8, 4) is 17.2 Å². The molecule has 10 heteroatoms. The zero-order valence-corrected chi connectivity index (χ0v) is 20.0. The Labute approximate surface area is 206 Å². The van der Waals surface area contributed by atoms with Crippen molar-refractivity contribution in [2.24, 2.45) is 0 Å². The maximum absolute atomic E-state index is 13.1. The number of aromatic nitrogens is 2. The average molecular weight is 491 g/mol. The Morgan fingerprint density at radius 3 is 2.69 bits per heavy atom. The number of rotatable bonds is 8. The van der Waals surface area contributed by atoms with Crippen molar-refractivity contribution in [2.75, 3.05) is 27.0 Å². The number of aryl methyl sites for hydroxylation is 1. The summed E-state index contributed by atoms with van der Waals surface area (Å²) in [6.45, 7) is 2.70. The summed E-state index contributed by atoms with van der Waals surface area (Å²) in [5.74, 6) is 0.842. The Bertz CT molecular complexity index is 1540. The minimum Gasteiger partial charge on any atom is -0.497 e. The summed E-state index contributed by atoms with van der Waals surface area (Å²) < 4.78 is 17.8. The fourth-order valence-corrected chi connectivity index (χ4v) is 4.36. The largest absolute Gasteiger partial charge is 0.497 e. The molecule has 1 aliphatic rings. The number of hydrogen-bond acceptors (Lipinski definition) is 6. The number of carbonyl (C=O) groups excluding carboxylic acids is 2. The van der Waals surface area contributed by atoms with E-state index in [1.807, 2.05) is 31.3 Å². The van der Waals surface area contributed by atoms with Gasteiger partial charge in [0.15, 0.2) is 11.5 Å². The van der Waals surface area contributed by atoms with Crippen LogP contribution in [0.5, 0.6) is 17.2 Å². The highest BCUT2D eigenvalue weighted by Crippen LogP contribution is 2.35. The van der Waals surface area contributed by atoms with Gasteiger partial charge in [0, 0.05) is 48.5 Å². The summed E-state index contributed by atoms with van der Waals surface area (Å²) in [7, 11) is 1.62. The lowest BCUT2D eigenvalue weighted by Gasteiger charge is -2.12. The number of ether oxygens (including phenoxy) is 3. The molecule has 0 radical (unpaired) electrons. The number of benzene rings is 2. The van der Waals surface area contributed by atoms with Crippen molar-refractivity contribution < 1.29 is 23.8 Å². The van der Waals surface area contributed by atoms with E-state index in [2.05, 4.69) is 15.6 Å². The van der Waals surface area contributed by atoms with Gasteiger partial charge in [-0.25, -0.2) is 0 Å². The first-order valence-corrected chi connectivity index (χ1v) is 11.6. The van der Waals surface area contributed by atoms with E-state index in [0.29, 0.717) is 41.9 Å². The number of aromatic amines is 1. The Balaban J connectivity index is 1.21. The van der Waals surface area contributed by atoms with Gasteiger partial charge >= 0.3 is 0 Å². The third-order valence-electron chi connectivity index (χ3n) is 6.26. The number of H-pyrrole nitrogens is 1. The number of fused-ring (bicyclic) bond motifs is 3. The van der Waals surface area contributed by atoms with Crippen LogP contribution in [0.1, 0.15) is 22.8 Å². The predicted octanol–water partition coefficient (Wildman–Crippen LogP) is 2.33. The van der Waals surface area contributed by atoms with Crippen LogP contribution >= 0.6 is 0 Å². The van der Waals surface area contributed by atoms with Gasteiger partial charge in [0.05, 0.1) is 24.6 Å². The molecule has 0 unspecified atom stereocenters. The molecular formula is C26H26N4O6. The first-order chi connectivity index (χ1) is 17.5. The molecule has 3 heterocycles. The smallest absolute Gasteiger partial charge is 0.257 e. The van der Waals surface area contributed by atoms with Crippen LogP contribution in [0, 0.1) is 0 Å². The molecule has 0 bridgehead atoms. The van der Waals surface area contributed by atoms with Gasteiger partial charge in [-0.2, -0.15) is 0 Å². The molecule has 0 spiro atoms. The Morgan fingerprint density at radius 1 is 1.11 bits per heavy atom. The molecule has 2 aromatic heterocycles. The molecule has 5 rings (SSSR count). The zero-order valence-electron chi connectivity index (χ0n) is 20.0. The summed E-state index contributed by atoms with van der Waals surface area (Å²) in [5.41, 5.74) is 2.21. The van der Waals surface area contributed by atoms with Crippen molar-refractivity contribution in [3.05, 3.63) is 64.1 Å². The average Bonchev–Trinajstić information content (AvgIpc) is 3.52. The van der Waals surface area contributed by atoms with E-state index in [4.69, 9.17) is 14.2 Å². The zero-order chi connectivity index (χ0) is 25.2. The molecule has 0 atom stereocenters. The minimum absolute atomic E-state index is 0.0368. The topological polar surface area (TPSA) is 124 Å². The normalized spacial score (nSPS) is 12.2. The van der Waals surface area contributed by atoms with Gasteiger partial charge in [0.2, 0.25) is 18.1 Å². The van der Waals surface area contributed by atoms with E-state index < -0.39 is 11.3 Å². The first-order valence-electron chi connectivity index (χ1n) is 11.6. The Hall–Kier alpha value is -4.47. The second kappa shape index (κ2) is 9.65. The molecule has 0 saturated heterocycles. The standard InChI is InChI=1S/C26H26N4O6/c1-3-30-13-19(25(32)18-9-22-23(10-21(18)30)36-14-35-22)26(33)29-12-24(31)27-7-6-15-11-28-20-8-16(34-2)4-5-17(15)20/h4-5,8-11,13,28H,3,6-7,12,14H2,1-2H3,(H,27,31)(H,29,33). The number of pyridine rings is 1. The molecule has 186 valence electrons. The Morgan fingerprint density at radius 2 is 1.92 bits per heavy atom. The SMILES string of the molecule is CCn1cc(C(=O)NCC(=O)NCCc2c[nH]c3cc(OC)ccc23)c(=O)c2cc3c(cc21)OCO3. The van der Waals surface area contributed by atoms with Gasteiger partial charge < -0.3 is 34.4 Å². The lowest BCUT2D eigenvalue weighted by atomic mass is 10.1. The quantitative estimate of drug-likeness (QED) is 0.348. The maximum atomic E-state index is 13.1. The number of carbonyl (C=O) groups is 2. The van der Waals surface area contributed by atoms with Gasteiger partial charge in [-0.15, -0.1) is 0 Å². The molecule has 10 nitrogen and oxygen atoms in total. The first kappa shape index (κ1) is 23.3. The summed E-state index contributed by atoms with van der Waals surface area (Å²) in [6, 6.07) is 9.11. The second-order valence-corrected chi connectivity index (χ2v) is 8.39. The maximum Gasteiger partial charge on any atom is 0.257 e. The molecular weight excluding hydrogens is 464 g/mol. The van der Waals surface area contributed by atoms with Crippen LogP contribution in [0.4, 0.5) is 0 Å². The molecule has 0 saturated carbocycles. The van der Waals surface area contributed by atoms with Crippen LogP contribution in [0.25, 0.3) is 21.8 Å². The number of methoxy groups -OCH3 is 1. The highest BCUT2D eigenvalue weighted by Gasteiger charge is 2.21. The van der Waals surface area contributed by atoms with Gasteiger partial charge in [-0.05, 0) is 37.1 Å². The molecule has 2 aromatic carbocycles. The molecule has 4 aromatic rings. The molecule has 2 amide bonds. The number of hydrogen-bond donors (Lipinski definition) is 3. The lowest BCUT2D eigenvalue weighted by Crippen LogP contribution is -2.39. The van der Waals surface area contributed by atoms with Crippen LogP contribution in [0.15, 0.2) is 47.5 Å². The summed E-state index contributed by atoms with van der Waals surface area (Å²) in [4.78, 5) is 41.4. The van der Waals surface area contributed by atoms with E-state index in [1.165, 1.54) is 6.20 Å². The van der Waals surface area contributed by atoms with Crippen molar-refractivity contribution in [1.82, 2.24) is 20.2 Å². The lowest BCUT2D eigenvalue weighted by molar-refractivity contribution is -0.120. The molecule has 0 aliphatic carbocycles. The summed E-state index contributed by atoms with van der Waals surface area (Å²) in [6.07, 6.45) is 4.03. The number of amides is 2. The van der Waals surface area contributed by atoms with E-state index in [-0.39, 0.29) is 24.8 Å². The Kier molecular flexibility index (Phi) is 6.24. The van der Waals surface area contributed by atoms with Crippen LogP contribution in [-0.2, 0) is 17.8 Å². The van der Waals surface area contributed by atoms with Crippen molar-refractivity contribution in [3.63, 3.8) is 0 Å². The van der Waals surface area contributed by atoms with Crippen molar-refractivity contribution in [2.45, 2.75) is 19.9 Å². The molecule has 0 fully saturated rings. The third-order valence-corrected chi connectivity index (χ3v) is 6.26. The highest BCUT2D eigenvalue weighted by atomic mass is 16.7. The molecule has 36 heavy (non-hydrogen) atoms. The van der Waals surface area contributed by atoms with Gasteiger partial charge in [-0.1, -0.05) is 0 Å². The van der Waals surface area contributed by atoms with Crippen molar-refractivity contribution >= 4 is 33.6 Å². The number of nitrogens with zero attached hydrogens (tertiary/aromatic N) is 1. The molecule has 3 N–H and O–H groups in total. The van der Waals surface area contributed by atoms with Crippen LogP contribution < -0.4 is 30.3 Å². The van der Waals surface area contributed by atoms with E-state index >= 15 is 0 Å². The van der Waals surface area contributed by atoms with Crippen LogP contribution in [-0.4, -0.2) is 48.4 Å². The third kappa shape index (κ3) is 4.33. The van der Waals surface area contributed by atoms with E-state index in [9.17, 15) is 14.4 Å². The van der Waals surface area contributed by atoms with E-state index in [1.54, 1.807) is 23.8 Å². The molecule has 1 aliphatic heterocycles.